The topological polar surface area (TPSA) is 46.6 Å². The molecule has 2 aromatic carbocycles. The van der Waals surface area contributed by atoms with E-state index in [1.807, 2.05) is 36.4 Å². The quantitative estimate of drug-likeness (QED) is 0.317. The molecule has 5 rings (SSSR count). The van der Waals surface area contributed by atoms with Crippen molar-refractivity contribution in [3.05, 3.63) is 84.0 Å². The Hall–Kier alpha value is -1.89. The van der Waals surface area contributed by atoms with E-state index in [1.54, 1.807) is 0 Å². The number of ketones is 2. The summed E-state index contributed by atoms with van der Waals surface area (Å²) in [5.74, 6) is 0.395. The normalized spacial score (nSPS) is 20.8. The molecule has 0 fully saturated rings. The third kappa shape index (κ3) is 5.54. The van der Waals surface area contributed by atoms with E-state index in [0.29, 0.717) is 30.2 Å². The molecule has 0 saturated carbocycles. The van der Waals surface area contributed by atoms with Crippen molar-refractivity contribution in [2.24, 2.45) is 10.8 Å². The number of benzene rings is 2. The molecule has 0 bridgehead atoms. The minimum absolute atomic E-state index is 0.116. The lowest BCUT2D eigenvalue weighted by Crippen LogP contribution is -2.44. The Morgan fingerprint density at radius 1 is 0.923 bits per heavy atom. The molecule has 0 saturated heterocycles. The number of ether oxygens (including phenoxy) is 1. The molecule has 206 valence electrons. The van der Waals surface area contributed by atoms with Crippen LogP contribution in [0.4, 0.5) is 0 Å². The number of carbonyl (C=O) groups is 2. The van der Waals surface area contributed by atoms with E-state index in [0.717, 1.165) is 62.0 Å². The van der Waals surface area contributed by atoms with E-state index < -0.39 is 5.92 Å². The summed E-state index contributed by atoms with van der Waals surface area (Å²) in [5.41, 5.74) is 5.09. The molecule has 1 aliphatic heterocycles. The number of carbonyl (C=O) groups excluding carboxylic acids is 2. The van der Waals surface area contributed by atoms with Crippen LogP contribution in [0.1, 0.15) is 77.3 Å². The second-order valence-electron chi connectivity index (χ2n) is 12.5. The van der Waals surface area contributed by atoms with Gasteiger partial charge in [0.2, 0.25) is 0 Å². The maximum Gasteiger partial charge on any atom is 0.162 e. The summed E-state index contributed by atoms with van der Waals surface area (Å²) in [5, 5.41) is 0.647. The monoisotopic (exact) mass is 673 g/mol. The Morgan fingerprint density at radius 2 is 1.51 bits per heavy atom. The Bertz CT molecular complexity index is 1380. The average molecular weight is 676 g/mol. The van der Waals surface area contributed by atoms with Gasteiger partial charge < -0.3 is 9.64 Å². The fourth-order valence-corrected chi connectivity index (χ4v) is 8.06. The van der Waals surface area contributed by atoms with Crippen molar-refractivity contribution in [2.75, 3.05) is 6.54 Å². The molecule has 0 aromatic heterocycles. The van der Waals surface area contributed by atoms with Crippen LogP contribution in [0.15, 0.2) is 67.9 Å². The molecule has 0 amide bonds. The van der Waals surface area contributed by atoms with Gasteiger partial charge in [-0.3, -0.25) is 9.59 Å². The van der Waals surface area contributed by atoms with Crippen LogP contribution in [0, 0.1) is 10.8 Å². The van der Waals surface area contributed by atoms with Gasteiger partial charge in [0.1, 0.15) is 12.4 Å². The molecule has 2 aromatic rings. The number of allylic oxidation sites excluding steroid dienone is 4. The van der Waals surface area contributed by atoms with Crippen molar-refractivity contribution in [1.29, 1.82) is 0 Å². The fraction of sp³-hybridized carbons (Fsp3) is 0.438. The van der Waals surface area contributed by atoms with Gasteiger partial charge in [0, 0.05) is 62.9 Å². The van der Waals surface area contributed by atoms with E-state index in [9.17, 15) is 9.59 Å². The van der Waals surface area contributed by atoms with Crippen LogP contribution in [-0.4, -0.2) is 23.0 Å². The first-order valence-corrected chi connectivity index (χ1v) is 15.4. The second kappa shape index (κ2) is 10.5. The molecule has 1 heterocycles. The summed E-state index contributed by atoms with van der Waals surface area (Å²) < 4.78 is 8.10. The maximum atomic E-state index is 14.0. The zero-order valence-corrected chi connectivity index (χ0v) is 27.0. The van der Waals surface area contributed by atoms with Crippen LogP contribution < -0.4 is 4.74 Å². The second-order valence-corrected chi connectivity index (χ2v) is 14.7. The Labute approximate surface area is 253 Å². The predicted molar refractivity (Wildman–Crippen MR) is 163 cm³/mol. The van der Waals surface area contributed by atoms with Crippen molar-refractivity contribution in [2.45, 2.75) is 72.8 Å². The van der Waals surface area contributed by atoms with Gasteiger partial charge in [-0.15, -0.1) is 0 Å². The SMILES string of the molecule is CCN1C2=C(C(=O)CC(C)(C)C2)C(c2cc(Br)cc(Br)c2OCc2cccc(Cl)c2)C2=C1CC(C)(C)CC2=O. The van der Waals surface area contributed by atoms with Gasteiger partial charge in [0.05, 0.1) is 4.47 Å². The molecule has 3 aliphatic rings. The lowest BCUT2D eigenvalue weighted by molar-refractivity contribution is -0.119. The van der Waals surface area contributed by atoms with Crippen LogP contribution in [0.3, 0.4) is 0 Å². The fourth-order valence-electron chi connectivity index (χ4n) is 6.47. The molecule has 2 aliphatic carbocycles. The molecule has 0 atom stereocenters. The van der Waals surface area contributed by atoms with Gasteiger partial charge in [-0.05, 0) is 76.4 Å². The summed E-state index contributed by atoms with van der Waals surface area (Å²) >= 11 is 13.6. The third-order valence-corrected chi connectivity index (χ3v) is 9.24. The first-order valence-electron chi connectivity index (χ1n) is 13.5. The number of hydrogen-bond acceptors (Lipinski definition) is 4. The molecule has 39 heavy (non-hydrogen) atoms. The minimum Gasteiger partial charge on any atom is -0.487 e. The molecular weight excluding hydrogens is 642 g/mol. The zero-order valence-electron chi connectivity index (χ0n) is 23.1. The minimum atomic E-state index is -0.479. The lowest BCUT2D eigenvalue weighted by Gasteiger charge is -2.49. The van der Waals surface area contributed by atoms with Gasteiger partial charge in [0.15, 0.2) is 11.6 Å². The van der Waals surface area contributed by atoms with E-state index in [2.05, 4.69) is 71.4 Å². The summed E-state index contributed by atoms with van der Waals surface area (Å²) in [4.78, 5) is 30.3. The molecule has 0 spiro atoms. The first kappa shape index (κ1) is 28.6. The Balaban J connectivity index is 1.73. The predicted octanol–water partition coefficient (Wildman–Crippen LogP) is 9.15. The number of hydrogen-bond donors (Lipinski definition) is 0. The van der Waals surface area contributed by atoms with Gasteiger partial charge >= 0.3 is 0 Å². The van der Waals surface area contributed by atoms with E-state index in [4.69, 9.17) is 16.3 Å². The number of nitrogens with zero attached hydrogens (tertiary/aromatic N) is 1. The number of rotatable bonds is 5. The highest BCUT2D eigenvalue weighted by molar-refractivity contribution is 9.11. The summed E-state index contributed by atoms with van der Waals surface area (Å²) in [6, 6.07) is 11.5. The van der Waals surface area contributed by atoms with E-state index in [-0.39, 0.29) is 22.4 Å². The highest BCUT2D eigenvalue weighted by Crippen LogP contribution is 2.56. The first-order chi connectivity index (χ1) is 18.3. The smallest absolute Gasteiger partial charge is 0.162 e. The van der Waals surface area contributed by atoms with Crippen LogP contribution in [0.25, 0.3) is 0 Å². The number of halogens is 3. The van der Waals surface area contributed by atoms with Gasteiger partial charge in [0.25, 0.3) is 0 Å². The highest BCUT2D eigenvalue weighted by atomic mass is 79.9. The largest absolute Gasteiger partial charge is 0.487 e. The van der Waals surface area contributed by atoms with Gasteiger partial charge in [-0.2, -0.15) is 0 Å². The standard InChI is InChI=1S/C32H34Br2ClNO3/c1-6-36-23-13-31(2,3)15-25(37)28(23)27(29-24(36)14-32(4,5)16-26(29)38)21-11-19(33)12-22(34)30(21)39-17-18-8-7-9-20(35)10-18/h7-12,27H,6,13-17H2,1-5H3. The number of Topliss-reactive ketones (excluding diaryl/α,β-unsaturated/α-hetero) is 2. The summed E-state index contributed by atoms with van der Waals surface area (Å²) in [7, 11) is 0. The lowest BCUT2D eigenvalue weighted by atomic mass is 9.63. The van der Waals surface area contributed by atoms with Crippen LogP contribution in [0.5, 0.6) is 5.75 Å². The van der Waals surface area contributed by atoms with E-state index in [1.165, 1.54) is 0 Å². The third-order valence-electron chi connectivity index (χ3n) is 7.96. The van der Waals surface area contributed by atoms with Crippen molar-refractivity contribution in [1.82, 2.24) is 4.90 Å². The van der Waals surface area contributed by atoms with Crippen molar-refractivity contribution < 1.29 is 14.3 Å². The zero-order chi connectivity index (χ0) is 28.3. The average Bonchev–Trinajstić information content (AvgIpc) is 2.80. The molecule has 0 unspecified atom stereocenters. The van der Waals surface area contributed by atoms with Crippen molar-refractivity contribution in [3.8, 4) is 5.75 Å². The molecule has 4 nitrogen and oxygen atoms in total. The highest BCUT2D eigenvalue weighted by Gasteiger charge is 2.49. The molecule has 7 heteroatoms. The Morgan fingerprint density at radius 3 is 2.05 bits per heavy atom. The van der Waals surface area contributed by atoms with Crippen LogP contribution in [-0.2, 0) is 16.2 Å². The Kier molecular flexibility index (Phi) is 7.71. The molecular formula is C32H34Br2ClNO3. The summed E-state index contributed by atoms with van der Waals surface area (Å²) in [6.07, 6.45) is 2.49. The van der Waals surface area contributed by atoms with Crippen LogP contribution >= 0.6 is 43.5 Å². The van der Waals surface area contributed by atoms with Crippen molar-refractivity contribution >= 4 is 55.0 Å². The molecule has 0 N–H and O–H groups in total. The molecule has 0 radical (unpaired) electrons. The maximum absolute atomic E-state index is 14.0. The summed E-state index contributed by atoms with van der Waals surface area (Å²) in [6.45, 7) is 11.8. The van der Waals surface area contributed by atoms with Gasteiger partial charge in [-0.1, -0.05) is 67.4 Å². The van der Waals surface area contributed by atoms with Crippen LogP contribution in [0.2, 0.25) is 5.02 Å². The van der Waals surface area contributed by atoms with Gasteiger partial charge in [-0.25, -0.2) is 0 Å². The van der Waals surface area contributed by atoms with Crippen molar-refractivity contribution in [3.63, 3.8) is 0 Å². The van der Waals surface area contributed by atoms with E-state index >= 15 is 0 Å².